The third-order valence-corrected chi connectivity index (χ3v) is 5.98. The standard InChI is InChI=1S/C18H20N2O5S/c1-3-10-19-18(22)12(2)25-16(21)11-20-14-8-4-6-13-7-5-9-15(17(13)14)26(20,23)24/h4-9,12H,3,10-11H2,1-2H3,(H,19,22)/t12-/m1/s1. The first kappa shape index (κ1) is 18.2. The molecule has 0 spiro atoms. The highest BCUT2D eigenvalue weighted by Gasteiger charge is 2.37. The molecule has 0 bridgehead atoms. The molecule has 1 heterocycles. The maximum atomic E-state index is 12.8. The Balaban J connectivity index is 1.80. The van der Waals surface area contributed by atoms with E-state index in [1.165, 1.54) is 13.0 Å². The van der Waals surface area contributed by atoms with E-state index in [1.54, 1.807) is 18.2 Å². The van der Waals surface area contributed by atoms with Gasteiger partial charge in [0.1, 0.15) is 6.54 Å². The van der Waals surface area contributed by atoms with E-state index in [1.807, 2.05) is 19.1 Å². The SMILES string of the molecule is CCCNC(=O)[C@@H](C)OC(=O)CN1c2cccc3cccc(c23)S1(=O)=O. The Hall–Kier alpha value is -2.61. The average molecular weight is 376 g/mol. The highest BCUT2D eigenvalue weighted by atomic mass is 32.2. The quantitative estimate of drug-likeness (QED) is 0.776. The predicted octanol–water partition coefficient (Wildman–Crippen LogP) is 1.81. The van der Waals surface area contributed by atoms with Gasteiger partial charge < -0.3 is 10.1 Å². The lowest BCUT2D eigenvalue weighted by Crippen LogP contribution is -2.39. The third kappa shape index (κ3) is 3.12. The van der Waals surface area contributed by atoms with Crippen molar-refractivity contribution in [2.45, 2.75) is 31.3 Å². The molecule has 0 saturated carbocycles. The van der Waals surface area contributed by atoms with E-state index in [9.17, 15) is 18.0 Å². The smallest absolute Gasteiger partial charge is 0.327 e. The molecule has 0 fully saturated rings. The molecule has 0 aromatic heterocycles. The molecule has 0 unspecified atom stereocenters. The van der Waals surface area contributed by atoms with Crippen molar-refractivity contribution < 1.29 is 22.7 Å². The maximum Gasteiger partial charge on any atom is 0.327 e. The van der Waals surface area contributed by atoms with E-state index in [0.717, 1.165) is 16.1 Å². The van der Waals surface area contributed by atoms with Crippen LogP contribution in [0.25, 0.3) is 10.8 Å². The minimum absolute atomic E-state index is 0.173. The number of carbonyl (C=O) groups is 2. The Morgan fingerprint density at radius 1 is 1.19 bits per heavy atom. The zero-order valence-corrected chi connectivity index (χ0v) is 15.4. The summed E-state index contributed by atoms with van der Waals surface area (Å²) in [6.07, 6.45) is -0.224. The number of nitrogens with one attached hydrogen (secondary N) is 1. The lowest BCUT2D eigenvalue weighted by Gasteiger charge is -2.19. The summed E-state index contributed by atoms with van der Waals surface area (Å²) in [6, 6.07) is 10.2. The third-order valence-electron chi connectivity index (χ3n) is 4.18. The summed E-state index contributed by atoms with van der Waals surface area (Å²) >= 11 is 0. The van der Waals surface area contributed by atoms with Crippen LogP contribution in [0.4, 0.5) is 5.69 Å². The fourth-order valence-electron chi connectivity index (χ4n) is 2.93. The lowest BCUT2D eigenvalue weighted by atomic mass is 10.1. The maximum absolute atomic E-state index is 12.8. The van der Waals surface area contributed by atoms with Gasteiger partial charge in [-0.25, -0.2) is 8.42 Å². The van der Waals surface area contributed by atoms with Crippen molar-refractivity contribution in [2.24, 2.45) is 0 Å². The van der Waals surface area contributed by atoms with E-state index in [-0.39, 0.29) is 4.90 Å². The molecule has 1 aliphatic heterocycles. The Morgan fingerprint density at radius 3 is 2.58 bits per heavy atom. The van der Waals surface area contributed by atoms with Gasteiger partial charge in [0, 0.05) is 11.9 Å². The van der Waals surface area contributed by atoms with Gasteiger partial charge in [0.2, 0.25) is 0 Å². The van der Waals surface area contributed by atoms with Crippen molar-refractivity contribution >= 4 is 38.4 Å². The Labute approximate surface area is 152 Å². The fourth-order valence-corrected chi connectivity index (χ4v) is 4.58. The minimum Gasteiger partial charge on any atom is -0.451 e. The van der Waals surface area contributed by atoms with Crippen LogP contribution in [-0.4, -0.2) is 39.5 Å². The van der Waals surface area contributed by atoms with Gasteiger partial charge >= 0.3 is 5.97 Å². The van der Waals surface area contributed by atoms with Gasteiger partial charge in [0.25, 0.3) is 15.9 Å². The molecule has 3 rings (SSSR count). The number of carbonyl (C=O) groups excluding carboxylic acids is 2. The highest BCUT2D eigenvalue weighted by molar-refractivity contribution is 7.93. The van der Waals surface area contributed by atoms with E-state index < -0.39 is 34.5 Å². The van der Waals surface area contributed by atoms with Crippen molar-refractivity contribution in [1.29, 1.82) is 0 Å². The minimum atomic E-state index is -3.83. The molecule has 138 valence electrons. The number of amides is 1. The van der Waals surface area contributed by atoms with E-state index in [2.05, 4.69) is 5.32 Å². The van der Waals surface area contributed by atoms with Crippen LogP contribution in [0.15, 0.2) is 41.3 Å². The number of anilines is 1. The van der Waals surface area contributed by atoms with Crippen LogP contribution >= 0.6 is 0 Å². The molecule has 1 aliphatic rings. The summed E-state index contributed by atoms with van der Waals surface area (Å²) in [7, 11) is -3.83. The highest BCUT2D eigenvalue weighted by Crippen LogP contribution is 2.41. The van der Waals surface area contributed by atoms with E-state index >= 15 is 0 Å². The first-order valence-electron chi connectivity index (χ1n) is 8.38. The average Bonchev–Trinajstić information content (AvgIpc) is 2.83. The van der Waals surface area contributed by atoms with Crippen LogP contribution < -0.4 is 9.62 Å². The zero-order chi connectivity index (χ0) is 18.9. The van der Waals surface area contributed by atoms with Crippen LogP contribution in [0.2, 0.25) is 0 Å². The molecule has 0 saturated heterocycles. The second kappa shape index (κ2) is 6.95. The Morgan fingerprint density at radius 2 is 1.88 bits per heavy atom. The van der Waals surface area contributed by atoms with E-state index in [4.69, 9.17) is 4.74 Å². The van der Waals surface area contributed by atoms with Crippen LogP contribution in [-0.2, 0) is 24.3 Å². The summed E-state index contributed by atoms with van der Waals surface area (Å²) in [5, 5.41) is 4.01. The van der Waals surface area contributed by atoms with Crippen LogP contribution in [0, 0.1) is 0 Å². The molecule has 0 aliphatic carbocycles. The Kier molecular flexibility index (Phi) is 4.86. The van der Waals surface area contributed by atoms with Crippen molar-refractivity contribution in [3.05, 3.63) is 36.4 Å². The van der Waals surface area contributed by atoms with Crippen LogP contribution in [0.1, 0.15) is 20.3 Å². The summed E-state index contributed by atoms with van der Waals surface area (Å²) in [5.41, 5.74) is 0.443. The van der Waals surface area contributed by atoms with Gasteiger partial charge in [-0.1, -0.05) is 31.2 Å². The summed E-state index contributed by atoms with van der Waals surface area (Å²) in [6.45, 7) is 3.37. The number of rotatable bonds is 6. The van der Waals surface area contributed by atoms with Crippen LogP contribution in [0.3, 0.4) is 0 Å². The van der Waals surface area contributed by atoms with Crippen molar-refractivity contribution in [2.75, 3.05) is 17.4 Å². The number of benzene rings is 2. The van der Waals surface area contributed by atoms with E-state index in [0.29, 0.717) is 17.6 Å². The molecule has 8 heteroatoms. The van der Waals surface area contributed by atoms with Gasteiger partial charge in [-0.3, -0.25) is 13.9 Å². The first-order chi connectivity index (χ1) is 12.4. The fraction of sp³-hybridized carbons (Fsp3) is 0.333. The lowest BCUT2D eigenvalue weighted by molar-refractivity contribution is -0.153. The monoisotopic (exact) mass is 376 g/mol. The molecule has 1 atom stereocenters. The molecule has 1 amide bonds. The molecule has 1 N–H and O–H groups in total. The van der Waals surface area contributed by atoms with Crippen molar-refractivity contribution in [3.8, 4) is 0 Å². The largest absolute Gasteiger partial charge is 0.451 e. The van der Waals surface area contributed by atoms with Crippen molar-refractivity contribution in [3.63, 3.8) is 0 Å². The van der Waals surface area contributed by atoms with Crippen molar-refractivity contribution in [1.82, 2.24) is 5.32 Å². The number of hydrogen-bond acceptors (Lipinski definition) is 5. The normalized spacial score (nSPS) is 15.7. The summed E-state index contributed by atoms with van der Waals surface area (Å²) in [5.74, 6) is -1.19. The number of sulfonamides is 1. The topological polar surface area (TPSA) is 92.8 Å². The number of nitrogens with zero attached hydrogens (tertiary/aromatic N) is 1. The first-order valence-corrected chi connectivity index (χ1v) is 9.82. The predicted molar refractivity (Wildman–Crippen MR) is 97.3 cm³/mol. The molecular formula is C18H20N2O5S. The van der Waals surface area contributed by atoms with Crippen LogP contribution in [0.5, 0.6) is 0 Å². The molecule has 0 radical (unpaired) electrons. The molecule has 7 nitrogen and oxygen atoms in total. The van der Waals surface area contributed by atoms with Gasteiger partial charge in [0.05, 0.1) is 10.6 Å². The molecule has 2 aromatic rings. The molecule has 2 aromatic carbocycles. The zero-order valence-electron chi connectivity index (χ0n) is 14.6. The van der Waals surface area contributed by atoms with Gasteiger partial charge in [0.15, 0.2) is 6.10 Å². The summed E-state index contributed by atoms with van der Waals surface area (Å²) < 4.78 is 31.7. The van der Waals surface area contributed by atoms with Gasteiger partial charge in [-0.2, -0.15) is 0 Å². The molecular weight excluding hydrogens is 356 g/mol. The van der Waals surface area contributed by atoms with Gasteiger partial charge in [-0.15, -0.1) is 0 Å². The molecule has 26 heavy (non-hydrogen) atoms. The second-order valence-electron chi connectivity index (χ2n) is 6.07. The number of esters is 1. The number of hydrogen-bond donors (Lipinski definition) is 1. The van der Waals surface area contributed by atoms with Gasteiger partial charge in [-0.05, 0) is 30.9 Å². The summed E-state index contributed by atoms with van der Waals surface area (Å²) in [4.78, 5) is 24.2. The second-order valence-corrected chi connectivity index (χ2v) is 7.90. The number of ether oxygens (including phenoxy) is 1. The Bertz CT molecular complexity index is 965.